The molecule has 0 spiro atoms. The van der Waals surface area contributed by atoms with Gasteiger partial charge in [0.25, 0.3) is 27.6 Å². The summed E-state index contributed by atoms with van der Waals surface area (Å²) in [5, 5.41) is 5.40. The molecule has 0 saturated heterocycles. The number of pyridine rings is 1. The van der Waals surface area contributed by atoms with Crippen molar-refractivity contribution in [2.24, 2.45) is 7.05 Å². The number of rotatable bonds is 11. The van der Waals surface area contributed by atoms with Gasteiger partial charge >= 0.3 is 0 Å². The number of aromatic nitrogens is 1. The smallest absolute Gasteiger partial charge is 0.299 e. The van der Waals surface area contributed by atoms with Crippen molar-refractivity contribution in [1.82, 2.24) is 14.6 Å². The van der Waals surface area contributed by atoms with Gasteiger partial charge in [0, 0.05) is 23.6 Å². The van der Waals surface area contributed by atoms with E-state index < -0.39 is 40.0 Å². The zero-order chi connectivity index (χ0) is 31.0. The van der Waals surface area contributed by atoms with Crippen LogP contribution < -0.4 is 30.4 Å². The van der Waals surface area contributed by atoms with Crippen molar-refractivity contribution in [2.75, 3.05) is 16.6 Å². The molecule has 1 aromatic heterocycles. The van der Waals surface area contributed by atoms with Crippen molar-refractivity contribution in [3.8, 4) is 11.5 Å². The van der Waals surface area contributed by atoms with Crippen LogP contribution in [-0.4, -0.2) is 37.4 Å². The van der Waals surface area contributed by atoms with E-state index in [1.807, 2.05) is 22.6 Å². The molecule has 1 heterocycles. The first-order chi connectivity index (χ1) is 19.6. The Kier molecular flexibility index (Phi) is 9.34. The number of ether oxygens (including phenoxy) is 1. The molecule has 42 heavy (non-hydrogen) atoms. The second-order valence-corrected chi connectivity index (χ2v) is 12.9. The number of hydrogen-bond donors (Lipinski definition) is 4. The van der Waals surface area contributed by atoms with E-state index in [1.165, 1.54) is 44.3 Å². The molecule has 0 aliphatic heterocycles. The Morgan fingerprint density at radius 2 is 1.90 bits per heavy atom. The predicted molar refractivity (Wildman–Crippen MR) is 162 cm³/mol. The maximum atomic E-state index is 14.8. The fourth-order valence-electron chi connectivity index (χ4n) is 3.78. The summed E-state index contributed by atoms with van der Waals surface area (Å²) in [6, 6.07) is 8.28. The van der Waals surface area contributed by atoms with Crippen LogP contribution in [0.1, 0.15) is 35.7 Å². The van der Waals surface area contributed by atoms with Gasteiger partial charge in [-0.15, -0.1) is 0 Å². The Balaban J connectivity index is 1.79. The number of carbonyl (C=O) groups excluding carboxylic acids is 1. The Labute approximate surface area is 258 Å². The molecule has 1 aliphatic carbocycles. The highest BCUT2D eigenvalue weighted by atomic mass is 127. The minimum Gasteiger partial charge on any atom is -0.454 e. The first-order valence-corrected chi connectivity index (χ1v) is 15.4. The molecular weight excluding hydrogens is 714 g/mol. The van der Waals surface area contributed by atoms with Crippen molar-refractivity contribution >= 4 is 67.5 Å². The van der Waals surface area contributed by atoms with Crippen molar-refractivity contribution in [2.45, 2.75) is 38.7 Å². The van der Waals surface area contributed by atoms with E-state index in [4.69, 9.17) is 16.3 Å². The van der Waals surface area contributed by atoms with Crippen molar-refractivity contribution in [3.05, 3.63) is 72.3 Å². The summed E-state index contributed by atoms with van der Waals surface area (Å²) in [6.07, 6.45) is 1.51. The fraction of sp³-hybridized carbons (Fsp3) is 0.308. The monoisotopic (exact) mass is 739 g/mol. The van der Waals surface area contributed by atoms with Gasteiger partial charge in [-0.3, -0.25) is 18.9 Å². The van der Waals surface area contributed by atoms with Gasteiger partial charge in [0.05, 0.1) is 23.5 Å². The van der Waals surface area contributed by atoms with E-state index in [0.717, 1.165) is 17.4 Å². The molecule has 4 rings (SSSR count). The van der Waals surface area contributed by atoms with Crippen molar-refractivity contribution in [1.29, 1.82) is 0 Å². The average Bonchev–Trinajstić information content (AvgIpc) is 3.71. The van der Waals surface area contributed by atoms with E-state index in [0.29, 0.717) is 10.5 Å². The highest BCUT2D eigenvalue weighted by Gasteiger charge is 2.31. The molecule has 10 nitrogen and oxygen atoms in total. The maximum Gasteiger partial charge on any atom is 0.299 e. The number of carbonyl (C=O) groups is 1. The van der Waals surface area contributed by atoms with E-state index in [9.17, 15) is 31.2 Å². The van der Waals surface area contributed by atoms with Gasteiger partial charge in [-0.25, -0.2) is 13.2 Å². The molecule has 16 heteroatoms. The lowest BCUT2D eigenvalue weighted by Gasteiger charge is -2.22. The van der Waals surface area contributed by atoms with Crippen LogP contribution in [0, 0.1) is 16.3 Å². The maximum absolute atomic E-state index is 14.8. The van der Waals surface area contributed by atoms with Gasteiger partial charge in [-0.2, -0.15) is 13.1 Å². The van der Waals surface area contributed by atoms with Crippen LogP contribution in [0.3, 0.4) is 0 Å². The Bertz CT molecular complexity index is 1710. The number of amides is 1. The van der Waals surface area contributed by atoms with Gasteiger partial charge in [-0.1, -0.05) is 17.7 Å². The molecule has 1 saturated carbocycles. The summed E-state index contributed by atoms with van der Waals surface area (Å²) in [4.78, 5) is 26.8. The highest BCUT2D eigenvalue weighted by Crippen LogP contribution is 2.40. The van der Waals surface area contributed by atoms with Crippen molar-refractivity contribution in [3.63, 3.8) is 0 Å². The number of nitrogens with one attached hydrogen (secondary N) is 4. The highest BCUT2D eigenvalue weighted by molar-refractivity contribution is 14.1. The summed E-state index contributed by atoms with van der Waals surface area (Å²) in [7, 11) is -3.05. The van der Waals surface area contributed by atoms with E-state index >= 15 is 0 Å². The second-order valence-electron chi connectivity index (χ2n) is 9.76. The predicted octanol–water partition coefficient (Wildman–Crippen LogP) is 5.42. The topological polar surface area (TPSA) is 131 Å². The summed E-state index contributed by atoms with van der Waals surface area (Å²) in [6.45, 7) is 0.825. The average molecular weight is 740 g/mol. The number of hydrogen-bond acceptors (Lipinski definition) is 6. The molecule has 226 valence electrons. The first-order valence-electron chi connectivity index (χ1n) is 12.4. The quantitative estimate of drug-likeness (QED) is 0.195. The molecular formula is C26H26ClF3IN5O5S. The van der Waals surface area contributed by atoms with Crippen LogP contribution in [0.5, 0.6) is 11.5 Å². The number of alkyl halides is 2. The third-order valence-corrected chi connectivity index (χ3v) is 8.16. The zero-order valence-electron chi connectivity index (χ0n) is 22.4. The molecule has 4 N–H and O–H groups in total. The lowest BCUT2D eigenvalue weighted by molar-refractivity contribution is 0.0282. The Morgan fingerprint density at radius 1 is 1.21 bits per heavy atom. The van der Waals surface area contributed by atoms with Gasteiger partial charge in [0.15, 0.2) is 5.75 Å². The normalized spacial score (nSPS) is 13.5. The van der Waals surface area contributed by atoms with E-state index in [1.54, 1.807) is 10.8 Å². The summed E-state index contributed by atoms with van der Waals surface area (Å²) in [5.41, 5.74) is -0.889. The van der Waals surface area contributed by atoms with Crippen LogP contribution in [0.4, 0.5) is 30.4 Å². The molecule has 1 fully saturated rings. The molecule has 1 aliphatic rings. The SMILES string of the molecule is Cc1c(Oc2cccc(NS(=O)(=O)NCC(C)(F)F)c2Cl)c(C(=O)NC2CC2)c(Nc2ccc(I)cc2F)n(C)c1=O. The molecule has 2 aromatic carbocycles. The van der Waals surface area contributed by atoms with Gasteiger partial charge in [0.2, 0.25) is 0 Å². The van der Waals surface area contributed by atoms with Crippen LogP contribution in [-0.2, 0) is 17.3 Å². The number of benzene rings is 2. The molecule has 1 amide bonds. The molecule has 0 bridgehead atoms. The van der Waals surface area contributed by atoms with Crippen LogP contribution in [0.25, 0.3) is 0 Å². The van der Waals surface area contributed by atoms with E-state index in [-0.39, 0.29) is 50.9 Å². The third-order valence-electron chi connectivity index (χ3n) is 6.08. The first kappa shape index (κ1) is 31.9. The minimum absolute atomic E-state index is 0.000263. The largest absolute Gasteiger partial charge is 0.454 e. The van der Waals surface area contributed by atoms with Gasteiger partial charge in [0.1, 0.15) is 28.0 Å². The Morgan fingerprint density at radius 3 is 2.52 bits per heavy atom. The summed E-state index contributed by atoms with van der Waals surface area (Å²) >= 11 is 8.38. The number of anilines is 3. The van der Waals surface area contributed by atoms with Gasteiger partial charge in [-0.05, 0) is 72.7 Å². The van der Waals surface area contributed by atoms with Crippen molar-refractivity contribution < 1.29 is 31.1 Å². The zero-order valence-corrected chi connectivity index (χ0v) is 26.2. The number of nitrogens with zero attached hydrogens (tertiary/aromatic N) is 1. The molecule has 0 unspecified atom stereocenters. The number of halogens is 5. The van der Waals surface area contributed by atoms with E-state index in [2.05, 4.69) is 15.4 Å². The molecule has 3 aromatic rings. The second kappa shape index (κ2) is 12.3. The van der Waals surface area contributed by atoms with Crippen LogP contribution >= 0.6 is 34.2 Å². The van der Waals surface area contributed by atoms with Crippen LogP contribution in [0.15, 0.2) is 41.2 Å². The standard InChI is InChI=1S/C26H26ClF3IN5O5S/c1-13-22(41-19-6-4-5-18(21(19)27)35-42(39,40)32-12-26(2,29)30)20(24(37)33-15-8-9-15)23(36(3)25(13)38)34-17-10-7-14(31)11-16(17)28/h4-7,10-11,15,32,34-35H,8-9,12H2,1-3H3,(H,33,37). The molecule has 0 atom stereocenters. The van der Waals surface area contributed by atoms with Gasteiger partial charge < -0.3 is 15.4 Å². The fourth-order valence-corrected chi connectivity index (χ4v) is 5.48. The minimum atomic E-state index is -4.46. The third kappa shape index (κ3) is 7.67. The Hall–Kier alpha value is -3.02. The lowest BCUT2D eigenvalue weighted by Crippen LogP contribution is -2.38. The van der Waals surface area contributed by atoms with Crippen LogP contribution in [0.2, 0.25) is 5.02 Å². The lowest BCUT2D eigenvalue weighted by atomic mass is 10.1. The molecule has 0 radical (unpaired) electrons. The summed E-state index contributed by atoms with van der Waals surface area (Å²) in [5.74, 6) is -4.93. The summed E-state index contributed by atoms with van der Waals surface area (Å²) < 4.78 is 77.4.